The molecule has 0 spiro atoms. The van der Waals surface area contributed by atoms with Gasteiger partial charge in [-0.15, -0.1) is 10.2 Å². The summed E-state index contributed by atoms with van der Waals surface area (Å²) in [7, 11) is 0. The van der Waals surface area contributed by atoms with Gasteiger partial charge in [0.05, 0.1) is 12.3 Å². The van der Waals surface area contributed by atoms with E-state index in [1.54, 1.807) is 9.36 Å². The van der Waals surface area contributed by atoms with Crippen molar-refractivity contribution in [1.29, 1.82) is 0 Å². The molecule has 9 nitrogen and oxygen atoms in total. The summed E-state index contributed by atoms with van der Waals surface area (Å²) < 4.78 is 8.92. The lowest BCUT2D eigenvalue weighted by molar-refractivity contribution is 0.337. The van der Waals surface area contributed by atoms with Gasteiger partial charge in [-0.3, -0.25) is 0 Å². The smallest absolute Gasteiger partial charge is 0.222 e. The number of aromatic nitrogens is 8. The van der Waals surface area contributed by atoms with Crippen LogP contribution in [0.25, 0.3) is 11.4 Å². The van der Waals surface area contributed by atoms with Crippen LogP contribution in [0, 0.1) is 0 Å². The third-order valence-corrected chi connectivity index (χ3v) is 4.33. The minimum Gasteiger partial charge on any atom is -0.492 e. The molecule has 0 fully saturated rings. The van der Waals surface area contributed by atoms with Crippen molar-refractivity contribution < 1.29 is 4.74 Å². The van der Waals surface area contributed by atoms with Gasteiger partial charge in [-0.2, -0.15) is 9.36 Å². The van der Waals surface area contributed by atoms with Crippen LogP contribution in [-0.4, -0.2) is 47.0 Å². The average molecular weight is 366 g/mol. The third-order valence-electron chi connectivity index (χ3n) is 3.46. The first-order valence-electron chi connectivity index (χ1n) is 7.89. The van der Waals surface area contributed by atoms with Crippen LogP contribution in [0.2, 0.25) is 0 Å². The van der Waals surface area contributed by atoms with Crippen molar-refractivity contribution in [1.82, 2.24) is 40.4 Å². The molecule has 0 aliphatic rings. The van der Waals surface area contributed by atoms with E-state index in [1.165, 1.54) is 11.8 Å². The van der Waals surface area contributed by atoms with Crippen LogP contribution < -0.4 is 4.74 Å². The molecule has 2 heterocycles. The molecule has 0 unspecified atom stereocenters. The van der Waals surface area contributed by atoms with E-state index in [0.29, 0.717) is 22.7 Å². The van der Waals surface area contributed by atoms with Gasteiger partial charge in [-0.1, -0.05) is 30.3 Å². The summed E-state index contributed by atoms with van der Waals surface area (Å²) in [6, 6.07) is 17.2. The Morgan fingerprint density at radius 3 is 2.27 bits per heavy atom. The highest BCUT2D eigenvalue weighted by Gasteiger charge is 2.18. The highest BCUT2D eigenvalue weighted by atomic mass is 32.2. The van der Waals surface area contributed by atoms with Crippen LogP contribution in [0.4, 0.5) is 0 Å². The Hall–Kier alpha value is -3.27. The molecule has 0 saturated heterocycles. The first kappa shape index (κ1) is 16.2. The van der Waals surface area contributed by atoms with Crippen LogP contribution in [0.15, 0.2) is 64.9 Å². The second-order valence-electron chi connectivity index (χ2n) is 5.08. The summed E-state index contributed by atoms with van der Waals surface area (Å²) in [6.07, 6.45) is 0. The Labute approximate surface area is 153 Å². The van der Waals surface area contributed by atoms with Gasteiger partial charge < -0.3 is 4.74 Å². The van der Waals surface area contributed by atoms with Crippen molar-refractivity contribution in [3.63, 3.8) is 0 Å². The Morgan fingerprint density at radius 2 is 1.50 bits per heavy atom. The molecule has 0 radical (unpaired) electrons. The maximum Gasteiger partial charge on any atom is 0.222 e. The standard InChI is InChI=1S/C16H14N8OS/c1-2-25-14-11-7-6-10-13(14)24-16(18-20-22-24)26-15-17-19-21-23(15)12-8-4-3-5-9-12/h3-11H,2H2,1H3. The minimum absolute atomic E-state index is 0.532. The zero-order valence-electron chi connectivity index (χ0n) is 13.8. The Bertz CT molecular complexity index is 1000. The summed E-state index contributed by atoms with van der Waals surface area (Å²) in [4.78, 5) is 0. The van der Waals surface area contributed by atoms with Crippen molar-refractivity contribution in [3.05, 3.63) is 54.6 Å². The SMILES string of the molecule is CCOc1ccccc1-n1nnnc1Sc1nnnn1-c1ccccc1. The van der Waals surface area contributed by atoms with E-state index in [0.717, 1.165) is 11.4 Å². The number of hydrogen-bond acceptors (Lipinski definition) is 8. The summed E-state index contributed by atoms with van der Waals surface area (Å²) >= 11 is 1.27. The van der Waals surface area contributed by atoms with Crippen LogP contribution in [0.3, 0.4) is 0 Å². The number of nitrogens with zero attached hydrogens (tertiary/aromatic N) is 8. The van der Waals surface area contributed by atoms with Gasteiger partial charge in [-0.05, 0) is 63.8 Å². The molecule has 0 amide bonds. The van der Waals surface area contributed by atoms with Gasteiger partial charge >= 0.3 is 0 Å². The summed E-state index contributed by atoms with van der Waals surface area (Å²) in [5, 5.41) is 25.0. The van der Waals surface area contributed by atoms with E-state index in [4.69, 9.17) is 4.74 Å². The first-order chi connectivity index (χ1) is 12.9. The number of rotatable bonds is 6. The zero-order valence-corrected chi connectivity index (χ0v) is 14.6. The van der Waals surface area contributed by atoms with Crippen LogP contribution in [0.5, 0.6) is 5.75 Å². The highest BCUT2D eigenvalue weighted by Crippen LogP contribution is 2.29. The van der Waals surface area contributed by atoms with Crippen LogP contribution >= 0.6 is 11.8 Å². The fourth-order valence-electron chi connectivity index (χ4n) is 2.36. The molecule has 2 aromatic carbocycles. The van der Waals surface area contributed by atoms with Gasteiger partial charge in [0.2, 0.25) is 10.3 Å². The fourth-order valence-corrected chi connectivity index (χ4v) is 3.13. The van der Waals surface area contributed by atoms with Crippen molar-refractivity contribution >= 4 is 11.8 Å². The molecule has 4 aromatic rings. The van der Waals surface area contributed by atoms with Crippen molar-refractivity contribution in [3.8, 4) is 17.1 Å². The lowest BCUT2D eigenvalue weighted by atomic mass is 10.3. The molecule has 0 aliphatic carbocycles. The Morgan fingerprint density at radius 1 is 0.846 bits per heavy atom. The number of hydrogen-bond donors (Lipinski definition) is 0. The molecule has 4 rings (SSSR count). The Balaban J connectivity index is 1.69. The van der Waals surface area contributed by atoms with Gasteiger partial charge in [0.25, 0.3) is 0 Å². The number of ether oxygens (including phenoxy) is 1. The monoisotopic (exact) mass is 366 g/mol. The average Bonchev–Trinajstić information content (AvgIpc) is 3.33. The predicted octanol–water partition coefficient (Wildman–Crippen LogP) is 2.19. The second kappa shape index (κ2) is 7.31. The molecule has 0 bridgehead atoms. The normalized spacial score (nSPS) is 10.8. The lowest BCUT2D eigenvalue weighted by Crippen LogP contribution is -2.04. The molecular formula is C16H14N8OS. The van der Waals surface area contributed by atoms with E-state index in [2.05, 4.69) is 31.1 Å². The number of tetrazole rings is 2. The molecule has 2 aromatic heterocycles. The molecule has 0 saturated carbocycles. The quantitative estimate of drug-likeness (QED) is 0.512. The minimum atomic E-state index is 0.532. The van der Waals surface area contributed by atoms with Crippen molar-refractivity contribution in [2.24, 2.45) is 0 Å². The largest absolute Gasteiger partial charge is 0.492 e. The van der Waals surface area contributed by atoms with E-state index in [-0.39, 0.29) is 0 Å². The Kier molecular flexibility index (Phi) is 4.56. The highest BCUT2D eigenvalue weighted by molar-refractivity contribution is 7.99. The lowest BCUT2D eigenvalue weighted by Gasteiger charge is -2.10. The molecule has 0 N–H and O–H groups in total. The maximum atomic E-state index is 5.67. The zero-order chi connectivity index (χ0) is 17.8. The predicted molar refractivity (Wildman–Crippen MR) is 93.6 cm³/mol. The number of para-hydroxylation sites is 3. The van der Waals surface area contributed by atoms with Crippen molar-refractivity contribution in [2.45, 2.75) is 17.2 Å². The van der Waals surface area contributed by atoms with Crippen LogP contribution in [0.1, 0.15) is 6.92 Å². The summed E-state index contributed by atoms with van der Waals surface area (Å²) in [6.45, 7) is 2.48. The maximum absolute atomic E-state index is 5.67. The second-order valence-corrected chi connectivity index (χ2v) is 6.02. The van der Waals surface area contributed by atoms with E-state index in [1.807, 2.05) is 61.5 Å². The fraction of sp³-hybridized carbons (Fsp3) is 0.125. The van der Waals surface area contributed by atoms with Gasteiger partial charge in [0.1, 0.15) is 11.4 Å². The molecule has 0 aliphatic heterocycles. The molecule has 130 valence electrons. The third kappa shape index (κ3) is 3.14. The topological polar surface area (TPSA) is 96.4 Å². The van der Waals surface area contributed by atoms with E-state index in [9.17, 15) is 0 Å². The molecule has 10 heteroatoms. The van der Waals surface area contributed by atoms with Crippen LogP contribution in [-0.2, 0) is 0 Å². The van der Waals surface area contributed by atoms with Crippen molar-refractivity contribution in [2.75, 3.05) is 6.61 Å². The van der Waals surface area contributed by atoms with E-state index < -0.39 is 0 Å². The summed E-state index contributed by atoms with van der Waals surface area (Å²) in [5.74, 6) is 0.701. The van der Waals surface area contributed by atoms with Gasteiger partial charge in [0.15, 0.2) is 0 Å². The molecular weight excluding hydrogens is 352 g/mol. The van der Waals surface area contributed by atoms with E-state index >= 15 is 0 Å². The molecule has 26 heavy (non-hydrogen) atoms. The number of benzene rings is 2. The summed E-state index contributed by atoms with van der Waals surface area (Å²) in [5.41, 5.74) is 1.61. The van der Waals surface area contributed by atoms with Gasteiger partial charge in [0, 0.05) is 0 Å². The van der Waals surface area contributed by atoms with Gasteiger partial charge in [-0.25, -0.2) is 0 Å². The first-order valence-corrected chi connectivity index (χ1v) is 8.70. The molecule has 0 atom stereocenters.